The minimum absolute atomic E-state index is 0.269. The number of aliphatic hydroxyl groups excluding tert-OH is 1. The van der Waals surface area contributed by atoms with Crippen molar-refractivity contribution in [1.82, 2.24) is 0 Å². The fourth-order valence-electron chi connectivity index (χ4n) is 2.11. The molecule has 0 aliphatic heterocycles. The van der Waals surface area contributed by atoms with Crippen LogP contribution in [-0.4, -0.2) is 5.11 Å². The highest BCUT2D eigenvalue weighted by atomic mass is 35.5. The second kappa shape index (κ2) is 6.46. The van der Waals surface area contributed by atoms with Gasteiger partial charge in [0.1, 0.15) is 17.3 Å². The average molecular weight is 309 g/mol. The Morgan fingerprint density at radius 1 is 1.19 bits per heavy atom. The zero-order valence-electron chi connectivity index (χ0n) is 12.3. The van der Waals surface area contributed by atoms with Gasteiger partial charge in [0.2, 0.25) is 0 Å². The van der Waals surface area contributed by atoms with Crippen molar-refractivity contribution in [3.63, 3.8) is 0 Å². The molecule has 2 aromatic rings. The van der Waals surface area contributed by atoms with E-state index in [1.807, 2.05) is 19.1 Å². The summed E-state index contributed by atoms with van der Waals surface area (Å²) in [6.07, 6.45) is 0. The Balaban J connectivity index is 2.42. The molecule has 0 radical (unpaired) electrons. The van der Waals surface area contributed by atoms with Gasteiger partial charge in [0.05, 0.1) is 6.61 Å². The number of halogens is 2. The highest BCUT2D eigenvalue weighted by Crippen LogP contribution is 2.35. The van der Waals surface area contributed by atoms with E-state index in [1.54, 1.807) is 0 Å². The van der Waals surface area contributed by atoms with Crippen molar-refractivity contribution in [2.45, 2.75) is 33.3 Å². The maximum atomic E-state index is 13.2. The van der Waals surface area contributed by atoms with E-state index in [-0.39, 0.29) is 12.5 Å². The van der Waals surface area contributed by atoms with Crippen molar-refractivity contribution in [1.29, 1.82) is 0 Å². The van der Waals surface area contributed by atoms with Gasteiger partial charge in [-0.3, -0.25) is 0 Å². The lowest BCUT2D eigenvalue weighted by molar-refractivity contribution is 0.275. The predicted molar refractivity (Wildman–Crippen MR) is 82.7 cm³/mol. The van der Waals surface area contributed by atoms with Gasteiger partial charge in [0, 0.05) is 10.6 Å². The lowest BCUT2D eigenvalue weighted by Gasteiger charge is -2.16. The smallest absolute Gasteiger partial charge is 0.133 e. The van der Waals surface area contributed by atoms with Gasteiger partial charge in [-0.15, -0.1) is 0 Å². The van der Waals surface area contributed by atoms with Crippen LogP contribution in [0, 0.1) is 12.7 Å². The summed E-state index contributed by atoms with van der Waals surface area (Å²) in [4.78, 5) is 0. The first-order valence-electron chi connectivity index (χ1n) is 6.79. The molecule has 0 spiro atoms. The van der Waals surface area contributed by atoms with Crippen molar-refractivity contribution in [3.05, 3.63) is 57.9 Å². The van der Waals surface area contributed by atoms with Crippen LogP contribution in [0.5, 0.6) is 11.5 Å². The third kappa shape index (κ3) is 3.55. The van der Waals surface area contributed by atoms with Crippen LogP contribution in [0.1, 0.15) is 36.5 Å². The van der Waals surface area contributed by atoms with E-state index in [2.05, 4.69) is 13.8 Å². The molecule has 0 bridgehead atoms. The van der Waals surface area contributed by atoms with E-state index in [4.69, 9.17) is 16.3 Å². The molecule has 1 N–H and O–H groups in total. The third-order valence-electron chi connectivity index (χ3n) is 3.33. The van der Waals surface area contributed by atoms with Crippen molar-refractivity contribution in [2.24, 2.45) is 0 Å². The molecule has 0 amide bonds. The number of aliphatic hydroxyl groups is 1. The largest absolute Gasteiger partial charge is 0.457 e. The van der Waals surface area contributed by atoms with Gasteiger partial charge in [-0.25, -0.2) is 4.39 Å². The Kier molecular flexibility index (Phi) is 4.86. The molecule has 2 nitrogen and oxygen atoms in total. The van der Waals surface area contributed by atoms with Crippen molar-refractivity contribution in [3.8, 4) is 11.5 Å². The highest BCUT2D eigenvalue weighted by molar-refractivity contribution is 6.31. The summed E-state index contributed by atoms with van der Waals surface area (Å²) >= 11 is 6.23. The van der Waals surface area contributed by atoms with Crippen LogP contribution in [-0.2, 0) is 6.61 Å². The fourth-order valence-corrected chi connectivity index (χ4v) is 2.55. The summed E-state index contributed by atoms with van der Waals surface area (Å²) in [5, 5.41) is 10.0. The van der Waals surface area contributed by atoms with Crippen LogP contribution in [0.3, 0.4) is 0 Å². The number of aryl methyl sites for hydroxylation is 1. The van der Waals surface area contributed by atoms with E-state index < -0.39 is 5.82 Å². The van der Waals surface area contributed by atoms with E-state index in [0.717, 1.165) is 11.1 Å². The molecule has 21 heavy (non-hydrogen) atoms. The Labute approximate surface area is 129 Å². The first kappa shape index (κ1) is 15.8. The Bertz CT molecular complexity index is 653. The summed E-state index contributed by atoms with van der Waals surface area (Å²) in [7, 11) is 0. The molecule has 0 saturated carbocycles. The van der Waals surface area contributed by atoms with E-state index in [0.29, 0.717) is 22.1 Å². The normalized spacial score (nSPS) is 11.0. The Hall–Kier alpha value is -1.58. The van der Waals surface area contributed by atoms with Gasteiger partial charge in [0.15, 0.2) is 0 Å². The van der Waals surface area contributed by atoms with Gasteiger partial charge < -0.3 is 9.84 Å². The molecule has 0 fully saturated rings. The maximum absolute atomic E-state index is 13.2. The molecule has 2 rings (SSSR count). The monoisotopic (exact) mass is 308 g/mol. The van der Waals surface area contributed by atoms with Gasteiger partial charge >= 0.3 is 0 Å². The number of ether oxygens (including phenoxy) is 1. The second-order valence-electron chi connectivity index (χ2n) is 5.31. The average Bonchev–Trinajstić information content (AvgIpc) is 2.42. The highest BCUT2D eigenvalue weighted by Gasteiger charge is 2.12. The van der Waals surface area contributed by atoms with Crippen molar-refractivity contribution in [2.75, 3.05) is 0 Å². The topological polar surface area (TPSA) is 29.5 Å². The van der Waals surface area contributed by atoms with Crippen LogP contribution in [0.25, 0.3) is 0 Å². The summed E-state index contributed by atoms with van der Waals surface area (Å²) in [5.41, 5.74) is 2.29. The number of hydrogen-bond donors (Lipinski definition) is 1. The van der Waals surface area contributed by atoms with Crippen molar-refractivity contribution < 1.29 is 14.2 Å². The van der Waals surface area contributed by atoms with Gasteiger partial charge in [0.25, 0.3) is 0 Å². The zero-order valence-corrected chi connectivity index (χ0v) is 13.0. The lowest BCUT2D eigenvalue weighted by Crippen LogP contribution is -1.97. The second-order valence-corrected chi connectivity index (χ2v) is 5.71. The fraction of sp³-hybridized carbons (Fsp3) is 0.294. The standard InChI is InChI=1S/C17H18ClFO2/c1-10(2)14-8-17(11(3)6-15(14)18)21-16-5-4-13(19)7-12(16)9-20/h4-8,10,20H,9H2,1-3H3. The molecule has 112 valence electrons. The van der Waals surface area contributed by atoms with Crippen LogP contribution in [0.4, 0.5) is 4.39 Å². The Morgan fingerprint density at radius 3 is 2.52 bits per heavy atom. The first-order valence-corrected chi connectivity index (χ1v) is 7.17. The van der Waals surface area contributed by atoms with E-state index in [1.165, 1.54) is 18.2 Å². The molecule has 4 heteroatoms. The summed E-state index contributed by atoms with van der Waals surface area (Å²) in [6.45, 7) is 5.72. The molecular formula is C17H18ClFO2. The summed E-state index contributed by atoms with van der Waals surface area (Å²) in [5.74, 6) is 0.969. The number of hydrogen-bond acceptors (Lipinski definition) is 2. The summed E-state index contributed by atoms with van der Waals surface area (Å²) < 4.78 is 19.0. The molecule has 0 aromatic heterocycles. The SMILES string of the molecule is Cc1cc(Cl)c(C(C)C)cc1Oc1ccc(F)cc1CO. The molecule has 0 heterocycles. The summed E-state index contributed by atoms with van der Waals surface area (Å²) in [6, 6.07) is 7.85. The minimum Gasteiger partial charge on any atom is -0.457 e. The number of rotatable bonds is 4. The van der Waals surface area contributed by atoms with Crippen molar-refractivity contribution >= 4 is 11.6 Å². The van der Waals surface area contributed by atoms with Gasteiger partial charge in [-0.05, 0) is 54.3 Å². The van der Waals surface area contributed by atoms with Crippen LogP contribution < -0.4 is 4.74 Å². The maximum Gasteiger partial charge on any atom is 0.133 e. The predicted octanol–water partition coefficient (Wildman–Crippen LogP) is 5.20. The molecule has 0 aliphatic rings. The third-order valence-corrected chi connectivity index (χ3v) is 3.66. The molecule has 0 atom stereocenters. The molecule has 0 unspecified atom stereocenters. The molecule has 2 aromatic carbocycles. The lowest BCUT2D eigenvalue weighted by atomic mass is 10.0. The quantitative estimate of drug-likeness (QED) is 0.841. The molecular weight excluding hydrogens is 291 g/mol. The van der Waals surface area contributed by atoms with Crippen LogP contribution in [0.15, 0.2) is 30.3 Å². The van der Waals surface area contributed by atoms with Gasteiger partial charge in [-0.1, -0.05) is 25.4 Å². The molecule has 0 saturated heterocycles. The Morgan fingerprint density at radius 2 is 1.90 bits per heavy atom. The van der Waals surface area contributed by atoms with Crippen LogP contribution >= 0.6 is 11.6 Å². The van der Waals surface area contributed by atoms with E-state index >= 15 is 0 Å². The minimum atomic E-state index is -0.401. The van der Waals surface area contributed by atoms with Crippen LogP contribution in [0.2, 0.25) is 5.02 Å². The van der Waals surface area contributed by atoms with E-state index in [9.17, 15) is 9.50 Å². The first-order chi connectivity index (χ1) is 9.92. The molecule has 0 aliphatic carbocycles. The zero-order chi connectivity index (χ0) is 15.6. The number of benzene rings is 2. The van der Waals surface area contributed by atoms with Gasteiger partial charge in [-0.2, -0.15) is 0 Å².